The largest absolute Gasteiger partial charge is 0.385 e. The second-order valence-corrected chi connectivity index (χ2v) is 2.93. The fourth-order valence-corrected chi connectivity index (χ4v) is 0.948. The average Bonchev–Trinajstić information content (AvgIpc) is 2.09. The first-order valence-corrected chi connectivity index (χ1v) is 4.71. The molecule has 0 aliphatic carbocycles. The van der Waals surface area contributed by atoms with E-state index in [1.807, 2.05) is 0 Å². The second kappa shape index (κ2) is 9.48. The molecule has 78 valence electrons. The van der Waals surface area contributed by atoms with Crippen LogP contribution < -0.4 is 10.6 Å². The second-order valence-electron chi connectivity index (χ2n) is 2.93. The summed E-state index contributed by atoms with van der Waals surface area (Å²) in [6, 6.07) is 0. The zero-order valence-electron chi connectivity index (χ0n) is 8.56. The van der Waals surface area contributed by atoms with Crippen molar-refractivity contribution in [2.45, 2.75) is 19.8 Å². The Morgan fingerprint density at radius 2 is 2.00 bits per heavy atom. The molecular formula is C9H20N2O2. The quantitative estimate of drug-likeness (QED) is 0.533. The maximum Gasteiger partial charge on any atom is 0.216 e. The van der Waals surface area contributed by atoms with E-state index in [4.69, 9.17) is 4.74 Å². The van der Waals surface area contributed by atoms with Crippen molar-refractivity contribution in [2.75, 3.05) is 33.4 Å². The summed E-state index contributed by atoms with van der Waals surface area (Å²) in [6.07, 6.45) is 2.21. The van der Waals surface area contributed by atoms with E-state index in [9.17, 15) is 4.79 Å². The van der Waals surface area contributed by atoms with E-state index < -0.39 is 0 Å². The van der Waals surface area contributed by atoms with Crippen molar-refractivity contribution in [3.8, 4) is 0 Å². The Hall–Kier alpha value is -0.610. The van der Waals surface area contributed by atoms with Gasteiger partial charge in [-0.3, -0.25) is 4.79 Å². The van der Waals surface area contributed by atoms with E-state index in [1.165, 1.54) is 6.92 Å². The van der Waals surface area contributed by atoms with E-state index in [2.05, 4.69) is 10.6 Å². The van der Waals surface area contributed by atoms with Gasteiger partial charge in [0.25, 0.3) is 0 Å². The number of carbonyl (C=O) groups is 1. The zero-order chi connectivity index (χ0) is 9.94. The summed E-state index contributed by atoms with van der Waals surface area (Å²) >= 11 is 0. The molecule has 0 heterocycles. The summed E-state index contributed by atoms with van der Waals surface area (Å²) in [6.45, 7) is 4.89. The highest BCUT2D eigenvalue weighted by atomic mass is 16.5. The summed E-state index contributed by atoms with van der Waals surface area (Å²) < 4.78 is 4.92. The molecule has 1 amide bonds. The number of unbranched alkanes of at least 4 members (excludes halogenated alkanes) is 1. The van der Waals surface area contributed by atoms with E-state index in [0.29, 0.717) is 6.54 Å². The predicted molar refractivity (Wildman–Crippen MR) is 52.7 cm³/mol. The molecule has 0 fully saturated rings. The van der Waals surface area contributed by atoms with Crippen molar-refractivity contribution >= 4 is 5.91 Å². The van der Waals surface area contributed by atoms with Gasteiger partial charge in [-0.1, -0.05) is 0 Å². The van der Waals surface area contributed by atoms with Crippen LogP contribution in [0.25, 0.3) is 0 Å². The Morgan fingerprint density at radius 3 is 2.62 bits per heavy atom. The van der Waals surface area contributed by atoms with Crippen LogP contribution >= 0.6 is 0 Å². The third kappa shape index (κ3) is 11.4. The molecule has 0 unspecified atom stereocenters. The number of rotatable bonds is 8. The van der Waals surface area contributed by atoms with Gasteiger partial charge in [0.05, 0.1) is 0 Å². The van der Waals surface area contributed by atoms with E-state index in [-0.39, 0.29) is 5.91 Å². The van der Waals surface area contributed by atoms with Crippen molar-refractivity contribution in [1.29, 1.82) is 0 Å². The van der Waals surface area contributed by atoms with E-state index in [1.54, 1.807) is 7.11 Å². The van der Waals surface area contributed by atoms with Gasteiger partial charge in [0.2, 0.25) is 5.91 Å². The van der Waals surface area contributed by atoms with Crippen LogP contribution in [0.15, 0.2) is 0 Å². The van der Waals surface area contributed by atoms with Crippen LogP contribution in [0.1, 0.15) is 19.8 Å². The minimum atomic E-state index is 0.0289. The number of ether oxygens (including phenoxy) is 1. The van der Waals surface area contributed by atoms with Gasteiger partial charge >= 0.3 is 0 Å². The molecule has 0 aromatic carbocycles. The molecule has 0 saturated heterocycles. The smallest absolute Gasteiger partial charge is 0.216 e. The maximum atomic E-state index is 10.5. The molecule has 0 spiro atoms. The van der Waals surface area contributed by atoms with Crippen molar-refractivity contribution in [1.82, 2.24) is 10.6 Å². The highest BCUT2D eigenvalue weighted by Gasteiger charge is 1.90. The first-order valence-electron chi connectivity index (χ1n) is 4.71. The molecule has 4 nitrogen and oxygen atoms in total. The molecule has 0 aromatic heterocycles. The Labute approximate surface area is 80.0 Å². The monoisotopic (exact) mass is 188 g/mol. The Morgan fingerprint density at radius 1 is 1.23 bits per heavy atom. The lowest BCUT2D eigenvalue weighted by Gasteiger charge is -2.04. The van der Waals surface area contributed by atoms with E-state index >= 15 is 0 Å². The highest BCUT2D eigenvalue weighted by molar-refractivity contribution is 5.72. The molecule has 0 aromatic rings. The lowest BCUT2D eigenvalue weighted by Crippen LogP contribution is -2.30. The standard InChI is InChI=1S/C9H20N2O2/c1-9(12)11-7-6-10-5-3-4-8-13-2/h10H,3-8H2,1-2H3,(H,11,12). The minimum Gasteiger partial charge on any atom is -0.385 e. The zero-order valence-corrected chi connectivity index (χ0v) is 8.56. The molecule has 0 aliphatic heterocycles. The SMILES string of the molecule is COCCCCNCCNC(C)=O. The van der Waals surface area contributed by atoms with Crippen molar-refractivity contribution in [3.63, 3.8) is 0 Å². The average molecular weight is 188 g/mol. The van der Waals surface area contributed by atoms with Gasteiger partial charge in [-0.2, -0.15) is 0 Å². The molecular weight excluding hydrogens is 168 g/mol. The van der Waals surface area contributed by atoms with Gasteiger partial charge < -0.3 is 15.4 Å². The number of hydrogen-bond donors (Lipinski definition) is 2. The summed E-state index contributed by atoms with van der Waals surface area (Å²) in [5.41, 5.74) is 0. The number of amides is 1. The summed E-state index contributed by atoms with van der Waals surface area (Å²) in [5, 5.41) is 5.95. The Kier molecular flexibility index (Phi) is 9.03. The Bertz CT molecular complexity index is 129. The van der Waals surface area contributed by atoms with E-state index in [0.717, 1.165) is 32.5 Å². The summed E-state index contributed by atoms with van der Waals surface area (Å²) in [7, 11) is 1.71. The van der Waals surface area contributed by atoms with Crippen LogP contribution in [0.4, 0.5) is 0 Å². The van der Waals surface area contributed by atoms with Crippen molar-refractivity contribution < 1.29 is 9.53 Å². The number of nitrogens with one attached hydrogen (secondary N) is 2. The van der Waals surface area contributed by atoms with Crippen LogP contribution in [0.2, 0.25) is 0 Å². The lowest BCUT2D eigenvalue weighted by molar-refractivity contribution is -0.118. The van der Waals surface area contributed by atoms with Gasteiger partial charge in [-0.15, -0.1) is 0 Å². The summed E-state index contributed by atoms with van der Waals surface area (Å²) in [5.74, 6) is 0.0289. The van der Waals surface area contributed by atoms with Crippen molar-refractivity contribution in [3.05, 3.63) is 0 Å². The highest BCUT2D eigenvalue weighted by Crippen LogP contribution is 1.85. The number of methoxy groups -OCH3 is 1. The molecule has 0 radical (unpaired) electrons. The molecule has 4 heteroatoms. The molecule has 13 heavy (non-hydrogen) atoms. The van der Waals surface area contributed by atoms with Crippen molar-refractivity contribution in [2.24, 2.45) is 0 Å². The van der Waals surface area contributed by atoms with Crippen LogP contribution in [0, 0.1) is 0 Å². The Balaban J connectivity index is 2.87. The molecule has 2 N–H and O–H groups in total. The number of hydrogen-bond acceptors (Lipinski definition) is 3. The predicted octanol–water partition coefficient (Wildman–Crippen LogP) is 0.139. The number of carbonyl (C=O) groups excluding carboxylic acids is 1. The molecule has 0 rings (SSSR count). The first kappa shape index (κ1) is 12.4. The third-order valence-electron chi connectivity index (χ3n) is 1.63. The molecule has 0 bridgehead atoms. The van der Waals surface area contributed by atoms with Crippen LogP contribution in [0.3, 0.4) is 0 Å². The maximum absolute atomic E-state index is 10.5. The topological polar surface area (TPSA) is 50.4 Å². The minimum absolute atomic E-state index is 0.0289. The first-order chi connectivity index (χ1) is 6.27. The van der Waals surface area contributed by atoms with Crippen LogP contribution in [-0.2, 0) is 9.53 Å². The van der Waals surface area contributed by atoms with Gasteiger partial charge in [0.15, 0.2) is 0 Å². The fourth-order valence-electron chi connectivity index (χ4n) is 0.948. The molecule has 0 atom stereocenters. The fraction of sp³-hybridized carbons (Fsp3) is 0.889. The van der Waals surface area contributed by atoms with Crippen LogP contribution in [0.5, 0.6) is 0 Å². The van der Waals surface area contributed by atoms with Crippen LogP contribution in [-0.4, -0.2) is 39.3 Å². The van der Waals surface area contributed by atoms with Gasteiger partial charge in [-0.25, -0.2) is 0 Å². The van der Waals surface area contributed by atoms with Gasteiger partial charge in [-0.05, 0) is 19.4 Å². The lowest BCUT2D eigenvalue weighted by atomic mass is 10.3. The molecule has 0 aliphatic rings. The summed E-state index contributed by atoms with van der Waals surface area (Å²) in [4.78, 5) is 10.5. The van der Waals surface area contributed by atoms with Gasteiger partial charge in [0.1, 0.15) is 0 Å². The normalized spacial score (nSPS) is 10.0. The van der Waals surface area contributed by atoms with Gasteiger partial charge in [0, 0.05) is 33.7 Å². The third-order valence-corrected chi connectivity index (χ3v) is 1.63. The molecule has 0 saturated carbocycles.